The summed E-state index contributed by atoms with van der Waals surface area (Å²) in [6.45, 7) is 3.02. The summed E-state index contributed by atoms with van der Waals surface area (Å²) in [6, 6.07) is 7.57. The van der Waals surface area contributed by atoms with Crippen LogP contribution in [0.2, 0.25) is 0 Å². The highest BCUT2D eigenvalue weighted by Crippen LogP contribution is 2.13. The average molecular weight is 239 g/mol. The van der Waals surface area contributed by atoms with Crippen molar-refractivity contribution in [1.29, 1.82) is 0 Å². The SMILES string of the molecule is CCCCSCCCOc1ccc(N)cc1. The molecule has 0 heterocycles. The van der Waals surface area contributed by atoms with Crippen LogP contribution in [0.5, 0.6) is 5.75 Å². The van der Waals surface area contributed by atoms with Crippen molar-refractivity contribution in [2.45, 2.75) is 26.2 Å². The Bertz CT molecular complexity index is 274. The second-order valence-electron chi connectivity index (χ2n) is 3.74. The summed E-state index contributed by atoms with van der Waals surface area (Å²) in [5.74, 6) is 3.38. The van der Waals surface area contributed by atoms with Crippen LogP contribution < -0.4 is 10.5 Å². The molecule has 0 unspecified atom stereocenters. The molecule has 0 bridgehead atoms. The van der Waals surface area contributed by atoms with Gasteiger partial charge in [-0.15, -0.1) is 0 Å². The zero-order valence-corrected chi connectivity index (χ0v) is 10.8. The van der Waals surface area contributed by atoms with E-state index in [1.807, 2.05) is 36.0 Å². The Balaban J connectivity index is 2.01. The van der Waals surface area contributed by atoms with E-state index in [1.165, 1.54) is 24.3 Å². The Hall–Kier alpha value is -0.830. The van der Waals surface area contributed by atoms with Gasteiger partial charge in [-0.05, 0) is 48.6 Å². The van der Waals surface area contributed by atoms with Gasteiger partial charge in [0.1, 0.15) is 5.75 Å². The third kappa shape index (κ3) is 5.91. The zero-order valence-electron chi connectivity index (χ0n) is 9.95. The fourth-order valence-corrected chi connectivity index (χ4v) is 2.28. The summed E-state index contributed by atoms with van der Waals surface area (Å²) >= 11 is 2.02. The lowest BCUT2D eigenvalue weighted by Gasteiger charge is -2.06. The number of anilines is 1. The molecule has 1 rings (SSSR count). The Morgan fingerprint density at radius 2 is 1.81 bits per heavy atom. The Labute approximate surface area is 103 Å². The van der Waals surface area contributed by atoms with Crippen molar-refractivity contribution in [1.82, 2.24) is 0 Å². The van der Waals surface area contributed by atoms with Gasteiger partial charge in [-0.3, -0.25) is 0 Å². The minimum Gasteiger partial charge on any atom is -0.494 e. The molecule has 3 heteroatoms. The minimum atomic E-state index is 0.780. The summed E-state index contributed by atoms with van der Waals surface area (Å²) in [6.07, 6.45) is 3.72. The van der Waals surface area contributed by atoms with Crippen LogP contribution in [0.3, 0.4) is 0 Å². The maximum atomic E-state index is 5.60. The number of unbranched alkanes of at least 4 members (excludes halogenated alkanes) is 1. The first-order valence-electron chi connectivity index (χ1n) is 5.89. The summed E-state index contributed by atoms with van der Waals surface area (Å²) in [7, 11) is 0. The van der Waals surface area contributed by atoms with Crippen LogP contribution in [0.4, 0.5) is 5.69 Å². The molecule has 0 aliphatic heterocycles. The van der Waals surface area contributed by atoms with Crippen molar-refractivity contribution < 1.29 is 4.74 Å². The van der Waals surface area contributed by atoms with Gasteiger partial charge in [0.15, 0.2) is 0 Å². The predicted molar refractivity (Wildman–Crippen MR) is 73.2 cm³/mol. The largest absolute Gasteiger partial charge is 0.494 e. The highest BCUT2D eigenvalue weighted by atomic mass is 32.2. The maximum Gasteiger partial charge on any atom is 0.119 e. The van der Waals surface area contributed by atoms with Gasteiger partial charge >= 0.3 is 0 Å². The number of thioether (sulfide) groups is 1. The fourth-order valence-electron chi connectivity index (χ4n) is 1.26. The van der Waals surface area contributed by atoms with E-state index in [0.717, 1.165) is 24.5 Å². The highest BCUT2D eigenvalue weighted by molar-refractivity contribution is 7.99. The van der Waals surface area contributed by atoms with Gasteiger partial charge in [0.2, 0.25) is 0 Å². The van der Waals surface area contributed by atoms with Crippen molar-refractivity contribution in [3.05, 3.63) is 24.3 Å². The Morgan fingerprint density at radius 3 is 2.50 bits per heavy atom. The number of ether oxygens (including phenoxy) is 1. The molecule has 2 N–H and O–H groups in total. The van der Waals surface area contributed by atoms with Crippen LogP contribution in [0.1, 0.15) is 26.2 Å². The van der Waals surface area contributed by atoms with Crippen molar-refractivity contribution in [2.75, 3.05) is 23.8 Å². The molecule has 0 amide bonds. The van der Waals surface area contributed by atoms with Crippen molar-refractivity contribution in [2.24, 2.45) is 0 Å². The number of hydrogen-bond donors (Lipinski definition) is 1. The first-order valence-corrected chi connectivity index (χ1v) is 7.04. The minimum absolute atomic E-state index is 0.780. The second kappa shape index (κ2) is 8.34. The van der Waals surface area contributed by atoms with E-state index < -0.39 is 0 Å². The van der Waals surface area contributed by atoms with Gasteiger partial charge in [0, 0.05) is 5.69 Å². The van der Waals surface area contributed by atoms with Gasteiger partial charge in [-0.25, -0.2) is 0 Å². The van der Waals surface area contributed by atoms with E-state index in [0.29, 0.717) is 0 Å². The molecule has 1 aromatic rings. The van der Waals surface area contributed by atoms with Crippen LogP contribution in [0, 0.1) is 0 Å². The normalized spacial score (nSPS) is 10.3. The zero-order chi connectivity index (χ0) is 11.6. The quantitative estimate of drug-likeness (QED) is 0.556. The van der Waals surface area contributed by atoms with E-state index in [4.69, 9.17) is 10.5 Å². The van der Waals surface area contributed by atoms with Crippen LogP contribution >= 0.6 is 11.8 Å². The number of nitrogen functional groups attached to an aromatic ring is 1. The number of hydrogen-bond acceptors (Lipinski definition) is 3. The topological polar surface area (TPSA) is 35.2 Å². The van der Waals surface area contributed by atoms with E-state index in [-0.39, 0.29) is 0 Å². The van der Waals surface area contributed by atoms with Gasteiger partial charge in [-0.2, -0.15) is 11.8 Å². The molecule has 0 aliphatic rings. The van der Waals surface area contributed by atoms with Crippen molar-refractivity contribution in [3.63, 3.8) is 0 Å². The molecule has 0 aliphatic carbocycles. The Morgan fingerprint density at radius 1 is 1.12 bits per heavy atom. The summed E-state index contributed by atoms with van der Waals surface area (Å²) in [4.78, 5) is 0. The molecule has 0 spiro atoms. The van der Waals surface area contributed by atoms with Crippen LogP contribution in [0.25, 0.3) is 0 Å². The maximum absolute atomic E-state index is 5.60. The number of rotatable bonds is 8. The molecular formula is C13H21NOS. The summed E-state index contributed by atoms with van der Waals surface area (Å²) < 4.78 is 5.60. The van der Waals surface area contributed by atoms with E-state index >= 15 is 0 Å². The monoisotopic (exact) mass is 239 g/mol. The lowest BCUT2D eigenvalue weighted by Crippen LogP contribution is -1.99. The molecule has 0 radical (unpaired) electrons. The van der Waals surface area contributed by atoms with Gasteiger partial charge < -0.3 is 10.5 Å². The second-order valence-corrected chi connectivity index (χ2v) is 4.96. The highest BCUT2D eigenvalue weighted by Gasteiger charge is 1.94. The fraction of sp³-hybridized carbons (Fsp3) is 0.538. The molecule has 0 aromatic heterocycles. The first kappa shape index (κ1) is 13.2. The molecule has 1 aromatic carbocycles. The van der Waals surface area contributed by atoms with Gasteiger partial charge in [-0.1, -0.05) is 13.3 Å². The van der Waals surface area contributed by atoms with Crippen LogP contribution in [-0.2, 0) is 0 Å². The third-order valence-electron chi connectivity index (χ3n) is 2.22. The van der Waals surface area contributed by atoms with Gasteiger partial charge in [0.05, 0.1) is 6.61 Å². The van der Waals surface area contributed by atoms with E-state index in [9.17, 15) is 0 Å². The molecule has 0 saturated carbocycles. The summed E-state index contributed by atoms with van der Waals surface area (Å²) in [5, 5.41) is 0. The standard InChI is InChI=1S/C13H21NOS/c1-2-3-10-16-11-4-9-15-13-7-5-12(14)6-8-13/h5-8H,2-4,9-11,14H2,1H3. The molecule has 90 valence electrons. The van der Waals surface area contributed by atoms with Crippen LogP contribution in [0.15, 0.2) is 24.3 Å². The van der Waals surface area contributed by atoms with Crippen LogP contribution in [-0.4, -0.2) is 18.1 Å². The smallest absolute Gasteiger partial charge is 0.119 e. The van der Waals surface area contributed by atoms with Crippen molar-refractivity contribution in [3.8, 4) is 5.75 Å². The molecule has 0 atom stereocenters. The lowest BCUT2D eigenvalue weighted by atomic mass is 10.3. The van der Waals surface area contributed by atoms with Gasteiger partial charge in [0.25, 0.3) is 0 Å². The van der Waals surface area contributed by atoms with E-state index in [2.05, 4.69) is 6.92 Å². The average Bonchev–Trinajstić information content (AvgIpc) is 2.30. The predicted octanol–water partition coefficient (Wildman–Crippen LogP) is 3.57. The molecule has 2 nitrogen and oxygen atoms in total. The number of benzene rings is 1. The third-order valence-corrected chi connectivity index (χ3v) is 3.38. The molecule has 0 saturated heterocycles. The number of nitrogens with two attached hydrogens (primary N) is 1. The molecular weight excluding hydrogens is 218 g/mol. The first-order chi connectivity index (χ1) is 7.83. The summed E-state index contributed by atoms with van der Waals surface area (Å²) in [5.41, 5.74) is 6.37. The lowest BCUT2D eigenvalue weighted by molar-refractivity contribution is 0.319. The molecule has 0 fully saturated rings. The van der Waals surface area contributed by atoms with E-state index in [1.54, 1.807) is 0 Å². The Kier molecular flexibility index (Phi) is 6.90. The molecule has 16 heavy (non-hydrogen) atoms. The van der Waals surface area contributed by atoms with Crippen molar-refractivity contribution >= 4 is 17.4 Å².